The van der Waals surface area contributed by atoms with Crippen molar-refractivity contribution in [3.63, 3.8) is 0 Å². The fraction of sp³-hybridized carbons (Fsp3) is 1.00. The molecule has 3 rings (SSSR count). The first kappa shape index (κ1) is 11.5. The minimum atomic E-state index is 0. The third-order valence-electron chi connectivity index (χ3n) is 3.12. The van der Waals surface area contributed by atoms with Gasteiger partial charge in [0.25, 0.3) is 0 Å². The molecule has 0 heterocycles. The molecule has 68 valence electrons. The van der Waals surface area contributed by atoms with Crippen LogP contribution >= 0.6 is 24.8 Å². The van der Waals surface area contributed by atoms with Crippen molar-refractivity contribution in [1.82, 2.24) is 0 Å². The summed E-state index contributed by atoms with van der Waals surface area (Å²) in [5, 5.41) is 0. The lowest BCUT2D eigenvalue weighted by atomic mass is 9.35. The Morgan fingerprint density at radius 1 is 0.818 bits per heavy atom. The van der Waals surface area contributed by atoms with Crippen molar-refractivity contribution < 1.29 is 0 Å². The highest BCUT2D eigenvalue weighted by Crippen LogP contribution is 2.72. The van der Waals surface area contributed by atoms with E-state index in [2.05, 4.69) is 0 Å². The summed E-state index contributed by atoms with van der Waals surface area (Å²) in [5.74, 6) is 0. The smallest absolute Gasteiger partial charge is 0.00199 e. The van der Waals surface area contributed by atoms with E-state index in [4.69, 9.17) is 11.5 Å². The monoisotopic (exact) mass is 198 g/mol. The molecule has 4 N–H and O–H groups in total. The van der Waals surface area contributed by atoms with Gasteiger partial charge in [0.1, 0.15) is 0 Å². The lowest BCUT2D eigenvalue weighted by molar-refractivity contribution is -0.188. The van der Waals surface area contributed by atoms with Crippen LogP contribution in [0.4, 0.5) is 0 Å². The molecule has 0 aromatic rings. The van der Waals surface area contributed by atoms with Gasteiger partial charge in [-0.05, 0) is 43.2 Å². The van der Waals surface area contributed by atoms with Crippen molar-refractivity contribution >= 4 is 24.8 Å². The van der Waals surface area contributed by atoms with Gasteiger partial charge in [0.15, 0.2) is 0 Å². The van der Waals surface area contributed by atoms with Gasteiger partial charge in [-0.3, -0.25) is 0 Å². The van der Waals surface area contributed by atoms with Gasteiger partial charge >= 0.3 is 0 Å². The summed E-state index contributed by atoms with van der Waals surface area (Å²) in [4.78, 5) is 0. The molecule has 0 unspecified atom stereocenters. The van der Waals surface area contributed by atoms with Crippen LogP contribution in [0.15, 0.2) is 0 Å². The third kappa shape index (κ3) is 1.26. The number of hydrogen-bond donors (Lipinski definition) is 2. The highest BCUT2D eigenvalue weighted by Gasteiger charge is 2.65. The van der Waals surface area contributed by atoms with E-state index in [1.165, 1.54) is 19.3 Å². The number of nitrogens with two attached hydrogens (primary N) is 2. The zero-order chi connectivity index (χ0) is 6.54. The van der Waals surface area contributed by atoms with Crippen LogP contribution < -0.4 is 11.5 Å². The van der Waals surface area contributed by atoms with E-state index in [-0.39, 0.29) is 24.8 Å². The summed E-state index contributed by atoms with van der Waals surface area (Å²) >= 11 is 0. The van der Waals surface area contributed by atoms with Crippen LogP contribution in [0, 0.1) is 10.8 Å². The molecule has 2 bridgehead atoms. The molecule has 11 heavy (non-hydrogen) atoms. The van der Waals surface area contributed by atoms with Crippen molar-refractivity contribution in [3.05, 3.63) is 0 Å². The van der Waals surface area contributed by atoms with Crippen molar-refractivity contribution in [2.24, 2.45) is 22.3 Å². The van der Waals surface area contributed by atoms with Crippen molar-refractivity contribution in [2.75, 3.05) is 13.1 Å². The first-order valence-corrected chi connectivity index (χ1v) is 3.64. The molecule has 0 aromatic heterocycles. The Labute approximate surface area is 79.9 Å². The highest BCUT2D eigenvalue weighted by atomic mass is 35.5. The standard InChI is InChI=1S/C7H14N2.2ClH/c8-4-6-1-7(2-6,3-6)5-9;;/h1-5,8-9H2;2*1H. The van der Waals surface area contributed by atoms with Crippen molar-refractivity contribution in [1.29, 1.82) is 0 Å². The van der Waals surface area contributed by atoms with Crippen LogP contribution in [0.1, 0.15) is 19.3 Å². The van der Waals surface area contributed by atoms with Gasteiger partial charge in [-0.25, -0.2) is 0 Å². The molecule has 2 nitrogen and oxygen atoms in total. The highest BCUT2D eigenvalue weighted by molar-refractivity contribution is 5.85. The van der Waals surface area contributed by atoms with Crippen LogP contribution in [0.3, 0.4) is 0 Å². The van der Waals surface area contributed by atoms with E-state index in [9.17, 15) is 0 Å². The van der Waals surface area contributed by atoms with Gasteiger partial charge in [-0.1, -0.05) is 0 Å². The third-order valence-corrected chi connectivity index (χ3v) is 3.12. The number of hydrogen-bond acceptors (Lipinski definition) is 2. The molecule has 4 heteroatoms. The molecular formula is C7H16Cl2N2. The maximum Gasteiger partial charge on any atom is -0.00199 e. The fourth-order valence-electron chi connectivity index (χ4n) is 2.66. The summed E-state index contributed by atoms with van der Waals surface area (Å²) in [6.07, 6.45) is 3.94. The Kier molecular flexibility index (Phi) is 3.23. The molecule has 0 aromatic carbocycles. The molecule has 0 saturated heterocycles. The second-order valence-corrected chi connectivity index (χ2v) is 3.94. The molecule has 0 spiro atoms. The lowest BCUT2D eigenvalue weighted by Crippen LogP contribution is -2.67. The second kappa shape index (κ2) is 3.09. The zero-order valence-corrected chi connectivity index (χ0v) is 8.14. The Hall–Kier alpha value is 0.500. The minimum absolute atomic E-state index is 0. The minimum Gasteiger partial charge on any atom is -0.330 e. The van der Waals surface area contributed by atoms with Crippen LogP contribution in [0.2, 0.25) is 0 Å². The average Bonchev–Trinajstić information content (AvgIpc) is 1.62. The fourth-order valence-corrected chi connectivity index (χ4v) is 2.66. The molecular weight excluding hydrogens is 183 g/mol. The van der Waals surface area contributed by atoms with Gasteiger partial charge in [0.2, 0.25) is 0 Å². The van der Waals surface area contributed by atoms with Gasteiger partial charge in [0.05, 0.1) is 0 Å². The molecule has 0 radical (unpaired) electrons. The second-order valence-electron chi connectivity index (χ2n) is 3.94. The van der Waals surface area contributed by atoms with E-state index >= 15 is 0 Å². The van der Waals surface area contributed by atoms with E-state index in [0.29, 0.717) is 10.8 Å². The normalized spacial score (nSPS) is 44.2. The topological polar surface area (TPSA) is 52.0 Å². The predicted octanol–water partition coefficient (Wildman–Crippen LogP) is 0.918. The van der Waals surface area contributed by atoms with Gasteiger partial charge < -0.3 is 11.5 Å². The van der Waals surface area contributed by atoms with E-state index in [1.807, 2.05) is 0 Å². The maximum absolute atomic E-state index is 5.58. The van der Waals surface area contributed by atoms with Gasteiger partial charge in [-0.2, -0.15) is 0 Å². The summed E-state index contributed by atoms with van der Waals surface area (Å²) in [6.45, 7) is 1.77. The molecule has 3 aliphatic carbocycles. The van der Waals surface area contributed by atoms with Gasteiger partial charge in [0, 0.05) is 0 Å². The Bertz CT molecular complexity index is 116. The number of rotatable bonds is 2. The van der Waals surface area contributed by atoms with Crippen LogP contribution in [0.25, 0.3) is 0 Å². The van der Waals surface area contributed by atoms with Crippen LogP contribution in [-0.2, 0) is 0 Å². The predicted molar refractivity (Wildman–Crippen MR) is 51.3 cm³/mol. The molecule has 0 amide bonds. The Morgan fingerprint density at radius 3 is 1.27 bits per heavy atom. The van der Waals surface area contributed by atoms with E-state index in [0.717, 1.165) is 13.1 Å². The zero-order valence-electron chi connectivity index (χ0n) is 6.51. The van der Waals surface area contributed by atoms with Crippen LogP contribution in [-0.4, -0.2) is 13.1 Å². The van der Waals surface area contributed by atoms with Crippen molar-refractivity contribution in [2.45, 2.75) is 19.3 Å². The first-order chi connectivity index (χ1) is 4.24. The summed E-state index contributed by atoms with van der Waals surface area (Å²) < 4.78 is 0. The van der Waals surface area contributed by atoms with Gasteiger partial charge in [-0.15, -0.1) is 24.8 Å². The summed E-state index contributed by atoms with van der Waals surface area (Å²) in [7, 11) is 0. The summed E-state index contributed by atoms with van der Waals surface area (Å²) in [5.41, 5.74) is 12.3. The molecule has 3 fully saturated rings. The average molecular weight is 199 g/mol. The van der Waals surface area contributed by atoms with E-state index < -0.39 is 0 Å². The van der Waals surface area contributed by atoms with Crippen LogP contribution in [0.5, 0.6) is 0 Å². The Morgan fingerprint density at radius 2 is 1.09 bits per heavy atom. The molecule has 3 aliphatic rings. The lowest BCUT2D eigenvalue weighted by Gasteiger charge is -2.70. The van der Waals surface area contributed by atoms with E-state index in [1.54, 1.807) is 0 Å². The number of halogens is 2. The largest absolute Gasteiger partial charge is 0.330 e. The quantitative estimate of drug-likeness (QED) is 0.694. The van der Waals surface area contributed by atoms with Crippen molar-refractivity contribution in [3.8, 4) is 0 Å². The molecule has 0 atom stereocenters. The first-order valence-electron chi connectivity index (χ1n) is 3.64. The molecule has 0 aliphatic heterocycles. The maximum atomic E-state index is 5.58. The molecule has 3 saturated carbocycles. The SMILES string of the molecule is Cl.Cl.NCC12CC(CN)(C1)C2. The summed E-state index contributed by atoms with van der Waals surface area (Å²) in [6, 6.07) is 0. The Balaban J connectivity index is 0.000000500.